The van der Waals surface area contributed by atoms with Gasteiger partial charge in [-0.1, -0.05) is 20.8 Å². The first-order valence-electron chi connectivity index (χ1n) is 7.48. The van der Waals surface area contributed by atoms with Gasteiger partial charge in [0, 0.05) is 28.9 Å². The first kappa shape index (κ1) is 13.6. The Bertz CT molecular complexity index is 430. The van der Waals surface area contributed by atoms with E-state index in [0.29, 0.717) is 12.1 Å². The van der Waals surface area contributed by atoms with Crippen LogP contribution in [0, 0.1) is 5.92 Å². The Hall–Kier alpha value is -0.380. The molecular formula is C16H25NOS. The van der Waals surface area contributed by atoms with Crippen molar-refractivity contribution in [2.24, 2.45) is 5.92 Å². The molecule has 0 bridgehead atoms. The molecule has 1 saturated heterocycles. The van der Waals surface area contributed by atoms with Crippen molar-refractivity contribution >= 4 is 11.3 Å². The van der Waals surface area contributed by atoms with E-state index in [9.17, 15) is 0 Å². The molecule has 2 atom stereocenters. The smallest absolute Gasteiger partial charge is 0.0757 e. The molecule has 19 heavy (non-hydrogen) atoms. The zero-order chi connectivity index (χ0) is 13.5. The summed E-state index contributed by atoms with van der Waals surface area (Å²) in [4.78, 5) is 2.93. The largest absolute Gasteiger partial charge is 0.376 e. The second-order valence-electron chi connectivity index (χ2n) is 6.96. The minimum Gasteiger partial charge on any atom is -0.376 e. The van der Waals surface area contributed by atoms with Crippen LogP contribution >= 0.6 is 11.3 Å². The van der Waals surface area contributed by atoms with Crippen molar-refractivity contribution in [2.75, 3.05) is 6.61 Å². The van der Waals surface area contributed by atoms with Crippen LogP contribution in [-0.2, 0) is 16.7 Å². The topological polar surface area (TPSA) is 21.3 Å². The molecule has 0 aromatic carbocycles. The molecule has 1 aromatic heterocycles. The molecule has 2 unspecified atom stereocenters. The van der Waals surface area contributed by atoms with Gasteiger partial charge in [0.05, 0.1) is 6.10 Å². The minimum atomic E-state index is 0.274. The van der Waals surface area contributed by atoms with E-state index in [4.69, 9.17) is 4.74 Å². The predicted molar refractivity (Wildman–Crippen MR) is 80.7 cm³/mol. The third-order valence-corrected chi connectivity index (χ3v) is 5.67. The van der Waals surface area contributed by atoms with E-state index < -0.39 is 0 Å². The van der Waals surface area contributed by atoms with Gasteiger partial charge >= 0.3 is 0 Å². The molecule has 0 radical (unpaired) electrons. The first-order valence-corrected chi connectivity index (χ1v) is 8.30. The Morgan fingerprint density at radius 2 is 2.05 bits per heavy atom. The monoisotopic (exact) mass is 279 g/mol. The third-order valence-electron chi connectivity index (χ3n) is 4.16. The molecule has 3 heteroatoms. The van der Waals surface area contributed by atoms with Gasteiger partial charge in [0.25, 0.3) is 0 Å². The van der Waals surface area contributed by atoms with E-state index >= 15 is 0 Å². The van der Waals surface area contributed by atoms with E-state index in [1.807, 2.05) is 11.3 Å². The van der Waals surface area contributed by atoms with Crippen LogP contribution in [-0.4, -0.2) is 18.8 Å². The van der Waals surface area contributed by atoms with Crippen LogP contribution < -0.4 is 5.32 Å². The summed E-state index contributed by atoms with van der Waals surface area (Å²) in [6.45, 7) is 8.78. The van der Waals surface area contributed by atoms with Gasteiger partial charge in [-0.25, -0.2) is 0 Å². The molecule has 2 fully saturated rings. The molecule has 1 aromatic rings. The summed E-state index contributed by atoms with van der Waals surface area (Å²) < 4.78 is 5.88. The predicted octanol–water partition coefficient (Wildman–Crippen LogP) is 3.70. The van der Waals surface area contributed by atoms with Crippen LogP contribution in [0.15, 0.2) is 12.1 Å². The maximum Gasteiger partial charge on any atom is 0.0757 e. The summed E-state index contributed by atoms with van der Waals surface area (Å²) in [7, 11) is 0. The van der Waals surface area contributed by atoms with Crippen molar-refractivity contribution < 1.29 is 4.74 Å². The van der Waals surface area contributed by atoms with Crippen molar-refractivity contribution in [1.82, 2.24) is 5.32 Å². The molecule has 2 heterocycles. The van der Waals surface area contributed by atoms with Gasteiger partial charge in [-0.2, -0.15) is 0 Å². The summed E-state index contributed by atoms with van der Waals surface area (Å²) >= 11 is 1.95. The van der Waals surface area contributed by atoms with Crippen molar-refractivity contribution in [1.29, 1.82) is 0 Å². The Morgan fingerprint density at radius 3 is 2.68 bits per heavy atom. The molecule has 106 valence electrons. The average Bonchev–Trinajstić information content (AvgIpc) is 2.91. The highest BCUT2D eigenvalue weighted by atomic mass is 32.1. The number of thiophene rings is 1. The number of hydrogen-bond donors (Lipinski definition) is 1. The first-order chi connectivity index (χ1) is 9.04. The average molecular weight is 279 g/mol. The Kier molecular flexibility index (Phi) is 3.71. The number of nitrogens with one attached hydrogen (secondary N) is 1. The fourth-order valence-electron chi connectivity index (χ4n) is 2.83. The van der Waals surface area contributed by atoms with E-state index in [1.54, 1.807) is 0 Å². The number of hydrogen-bond acceptors (Lipinski definition) is 3. The van der Waals surface area contributed by atoms with E-state index in [2.05, 4.69) is 38.2 Å². The zero-order valence-electron chi connectivity index (χ0n) is 12.2. The van der Waals surface area contributed by atoms with Gasteiger partial charge in [0.15, 0.2) is 0 Å². The van der Waals surface area contributed by atoms with Gasteiger partial charge in [0.1, 0.15) is 0 Å². The Morgan fingerprint density at radius 1 is 1.26 bits per heavy atom. The SMILES string of the molecule is CC(C)(C)c1ccc(CNC2CCOC2C2CC2)s1. The van der Waals surface area contributed by atoms with E-state index in [1.165, 1.54) is 29.0 Å². The third kappa shape index (κ3) is 3.21. The van der Waals surface area contributed by atoms with Gasteiger partial charge < -0.3 is 10.1 Å². The lowest BCUT2D eigenvalue weighted by atomic mass is 9.95. The van der Waals surface area contributed by atoms with Crippen molar-refractivity contribution in [3.05, 3.63) is 21.9 Å². The Labute approximate surface area is 120 Å². The van der Waals surface area contributed by atoms with Crippen LogP contribution in [0.2, 0.25) is 0 Å². The lowest BCUT2D eigenvalue weighted by Gasteiger charge is -2.19. The Balaban J connectivity index is 1.55. The molecule has 0 amide bonds. The van der Waals surface area contributed by atoms with Crippen LogP contribution in [0.1, 0.15) is 49.8 Å². The van der Waals surface area contributed by atoms with Crippen LogP contribution in [0.25, 0.3) is 0 Å². The van der Waals surface area contributed by atoms with Gasteiger partial charge in [-0.05, 0) is 42.7 Å². The van der Waals surface area contributed by atoms with E-state index in [-0.39, 0.29) is 5.41 Å². The fraction of sp³-hybridized carbons (Fsp3) is 0.750. The lowest BCUT2D eigenvalue weighted by molar-refractivity contribution is 0.0809. The maximum atomic E-state index is 5.88. The molecule has 2 nitrogen and oxygen atoms in total. The number of ether oxygens (including phenoxy) is 1. The lowest BCUT2D eigenvalue weighted by Crippen LogP contribution is -2.36. The highest BCUT2D eigenvalue weighted by Crippen LogP contribution is 2.39. The number of rotatable bonds is 4. The minimum absolute atomic E-state index is 0.274. The quantitative estimate of drug-likeness (QED) is 0.907. The fourth-order valence-corrected chi connectivity index (χ4v) is 3.84. The normalized spacial score (nSPS) is 27.9. The molecule has 1 saturated carbocycles. The van der Waals surface area contributed by atoms with Gasteiger partial charge in [-0.3, -0.25) is 0 Å². The summed E-state index contributed by atoms with van der Waals surface area (Å²) in [5.74, 6) is 0.841. The standard InChI is InChI=1S/C16H25NOS/c1-16(2,3)14-7-6-12(19-14)10-17-13-8-9-18-15(13)11-4-5-11/h6-7,11,13,15,17H,4-5,8-10H2,1-3H3. The summed E-state index contributed by atoms with van der Waals surface area (Å²) in [6, 6.07) is 5.14. The zero-order valence-corrected chi connectivity index (χ0v) is 13.1. The molecule has 3 rings (SSSR count). The van der Waals surface area contributed by atoms with Gasteiger partial charge in [0.2, 0.25) is 0 Å². The molecule has 2 aliphatic rings. The highest BCUT2D eigenvalue weighted by Gasteiger charge is 2.40. The summed E-state index contributed by atoms with van der Waals surface area (Å²) in [5, 5.41) is 3.72. The van der Waals surface area contributed by atoms with Crippen molar-refractivity contribution in [2.45, 2.75) is 64.1 Å². The highest BCUT2D eigenvalue weighted by molar-refractivity contribution is 7.12. The van der Waals surface area contributed by atoms with Crippen LogP contribution in [0.5, 0.6) is 0 Å². The van der Waals surface area contributed by atoms with Crippen LogP contribution in [0.3, 0.4) is 0 Å². The van der Waals surface area contributed by atoms with Crippen molar-refractivity contribution in [3.63, 3.8) is 0 Å². The maximum absolute atomic E-state index is 5.88. The summed E-state index contributed by atoms with van der Waals surface area (Å²) in [6.07, 6.45) is 4.41. The molecule has 1 aliphatic carbocycles. The molecular weight excluding hydrogens is 254 g/mol. The van der Waals surface area contributed by atoms with Crippen molar-refractivity contribution in [3.8, 4) is 0 Å². The van der Waals surface area contributed by atoms with Gasteiger partial charge in [-0.15, -0.1) is 11.3 Å². The molecule has 1 N–H and O–H groups in total. The second-order valence-corrected chi connectivity index (χ2v) is 8.13. The molecule has 1 aliphatic heterocycles. The molecule has 0 spiro atoms. The van der Waals surface area contributed by atoms with E-state index in [0.717, 1.165) is 19.1 Å². The van der Waals surface area contributed by atoms with Crippen LogP contribution in [0.4, 0.5) is 0 Å². The second kappa shape index (κ2) is 5.19. The summed E-state index contributed by atoms with van der Waals surface area (Å²) in [5.41, 5.74) is 0.274.